The van der Waals surface area contributed by atoms with E-state index in [1.807, 2.05) is 11.0 Å². The molecule has 11 heteroatoms. The Morgan fingerprint density at radius 3 is 2.60 bits per heavy atom. The number of aliphatic hydroxyl groups is 2. The standard InChI is InChI=1S/C32H44N2O9/c35-21-23-8-9-26(43-27-18-24(32(39)40)17-25(36)19-27)20-29(23)42-16-15-41-14-12-33-30(37)7-2-1-3-13-34-28(10-11-31(34)38)22-5-4-6-22/h8-11,20,24-25,27,35-36H,1-7,12-19,21H2,(H,33,37)(H,39,40). The van der Waals surface area contributed by atoms with Gasteiger partial charge in [-0.25, -0.2) is 0 Å². The number of carboxylic acids is 1. The maximum Gasteiger partial charge on any atom is 0.306 e. The van der Waals surface area contributed by atoms with Gasteiger partial charge in [0.25, 0.3) is 5.91 Å². The van der Waals surface area contributed by atoms with Gasteiger partial charge in [-0.05, 0) is 68.7 Å². The number of carboxylic acid groups (broad SMARTS) is 1. The number of hydrogen-bond acceptors (Lipinski definition) is 8. The fourth-order valence-electron chi connectivity index (χ4n) is 5.60. The highest BCUT2D eigenvalue weighted by molar-refractivity contribution is 5.93. The molecule has 3 aliphatic rings. The monoisotopic (exact) mass is 600 g/mol. The second kappa shape index (κ2) is 16.4. The molecule has 2 aliphatic carbocycles. The van der Waals surface area contributed by atoms with Crippen LogP contribution in [0.1, 0.15) is 69.8 Å². The summed E-state index contributed by atoms with van der Waals surface area (Å²) in [5, 5.41) is 31.9. The Labute approximate surface area is 252 Å². The average Bonchev–Trinajstić information content (AvgIpc) is 3.30. The normalized spacial score (nSPS) is 21.6. The van der Waals surface area contributed by atoms with E-state index in [4.69, 9.17) is 14.2 Å². The summed E-state index contributed by atoms with van der Waals surface area (Å²) in [6.07, 6.45) is 9.61. The van der Waals surface area contributed by atoms with Crippen LogP contribution in [0.25, 0.3) is 0 Å². The third-order valence-electron chi connectivity index (χ3n) is 8.10. The van der Waals surface area contributed by atoms with Crippen molar-refractivity contribution in [1.29, 1.82) is 0 Å². The molecule has 1 aliphatic heterocycles. The maximum absolute atomic E-state index is 12.1. The molecule has 1 heterocycles. The van der Waals surface area contributed by atoms with E-state index in [2.05, 4.69) is 5.32 Å². The molecule has 4 rings (SSSR count). The number of amides is 2. The molecule has 2 fully saturated rings. The van der Waals surface area contributed by atoms with E-state index in [1.54, 1.807) is 24.3 Å². The molecule has 0 radical (unpaired) electrons. The average molecular weight is 601 g/mol. The molecule has 2 saturated carbocycles. The Hall–Kier alpha value is -3.41. The molecule has 1 aromatic carbocycles. The molecule has 236 valence electrons. The van der Waals surface area contributed by atoms with Crippen LogP contribution in [0.2, 0.25) is 0 Å². The lowest BCUT2D eigenvalue weighted by Crippen LogP contribution is -2.36. The number of nitrogens with one attached hydrogen (secondary N) is 1. The number of carbonyl (C=O) groups excluding carboxylic acids is 2. The Kier molecular flexibility index (Phi) is 12.4. The van der Waals surface area contributed by atoms with Crippen molar-refractivity contribution in [3.8, 4) is 11.5 Å². The number of aliphatic carboxylic acids is 1. The number of ether oxygens (including phenoxy) is 3. The van der Waals surface area contributed by atoms with Gasteiger partial charge in [-0.2, -0.15) is 0 Å². The summed E-state index contributed by atoms with van der Waals surface area (Å²) in [7, 11) is 0. The summed E-state index contributed by atoms with van der Waals surface area (Å²) >= 11 is 0. The van der Waals surface area contributed by atoms with Crippen molar-refractivity contribution in [1.82, 2.24) is 10.2 Å². The zero-order chi connectivity index (χ0) is 30.6. The van der Waals surface area contributed by atoms with E-state index in [0.29, 0.717) is 56.0 Å². The SMILES string of the molecule is O=C(CCCCCN1C(=O)C=CC1=C1CCC1)NCCOCCOc1cc(OC2CC(O)CC(C(=O)O)C2)ccc1CO. The number of aliphatic hydroxyl groups excluding tert-OH is 2. The summed E-state index contributed by atoms with van der Waals surface area (Å²) in [5.74, 6) is -0.659. The van der Waals surface area contributed by atoms with Crippen LogP contribution >= 0.6 is 0 Å². The van der Waals surface area contributed by atoms with Crippen molar-refractivity contribution in [3.05, 3.63) is 47.2 Å². The van der Waals surface area contributed by atoms with Gasteiger partial charge in [0.05, 0.1) is 31.8 Å². The van der Waals surface area contributed by atoms with Crippen LogP contribution in [0.3, 0.4) is 0 Å². The van der Waals surface area contributed by atoms with Crippen LogP contribution in [0.15, 0.2) is 41.6 Å². The number of nitrogens with zero attached hydrogens (tertiary/aromatic N) is 1. The van der Waals surface area contributed by atoms with Crippen LogP contribution in [-0.4, -0.2) is 83.1 Å². The first-order valence-corrected chi connectivity index (χ1v) is 15.3. The Balaban J connectivity index is 1.06. The van der Waals surface area contributed by atoms with Crippen LogP contribution in [0.4, 0.5) is 0 Å². The van der Waals surface area contributed by atoms with E-state index >= 15 is 0 Å². The molecule has 4 N–H and O–H groups in total. The van der Waals surface area contributed by atoms with Gasteiger partial charge in [0.2, 0.25) is 5.91 Å². The van der Waals surface area contributed by atoms with Crippen LogP contribution in [-0.2, 0) is 25.7 Å². The second-order valence-electron chi connectivity index (χ2n) is 11.4. The quantitative estimate of drug-likeness (QED) is 0.198. The Morgan fingerprint density at radius 1 is 1.02 bits per heavy atom. The van der Waals surface area contributed by atoms with Gasteiger partial charge in [0.1, 0.15) is 24.2 Å². The first-order chi connectivity index (χ1) is 20.8. The predicted molar refractivity (Wildman–Crippen MR) is 157 cm³/mol. The van der Waals surface area contributed by atoms with Gasteiger partial charge in [-0.3, -0.25) is 14.4 Å². The minimum absolute atomic E-state index is 0.0272. The van der Waals surface area contributed by atoms with Crippen LogP contribution < -0.4 is 14.8 Å². The molecule has 11 nitrogen and oxygen atoms in total. The van der Waals surface area contributed by atoms with Crippen LogP contribution in [0.5, 0.6) is 11.5 Å². The fourth-order valence-corrected chi connectivity index (χ4v) is 5.60. The lowest BCUT2D eigenvalue weighted by atomic mass is 9.85. The second-order valence-corrected chi connectivity index (χ2v) is 11.4. The van der Waals surface area contributed by atoms with Crippen molar-refractivity contribution >= 4 is 17.8 Å². The van der Waals surface area contributed by atoms with Gasteiger partial charge in [-0.1, -0.05) is 6.42 Å². The molecule has 3 unspecified atom stereocenters. The van der Waals surface area contributed by atoms with Crippen molar-refractivity contribution in [2.45, 2.75) is 83.0 Å². The molecule has 0 aromatic heterocycles. The Morgan fingerprint density at radius 2 is 1.86 bits per heavy atom. The summed E-state index contributed by atoms with van der Waals surface area (Å²) in [6.45, 7) is 1.70. The van der Waals surface area contributed by atoms with E-state index in [1.165, 1.54) is 12.0 Å². The van der Waals surface area contributed by atoms with Crippen molar-refractivity contribution in [2.75, 3.05) is 32.9 Å². The highest BCUT2D eigenvalue weighted by Gasteiger charge is 2.33. The molecule has 0 bridgehead atoms. The number of allylic oxidation sites excluding steroid dienone is 2. The number of rotatable bonds is 17. The molecule has 3 atom stereocenters. The van der Waals surface area contributed by atoms with Crippen molar-refractivity contribution in [3.63, 3.8) is 0 Å². The highest BCUT2D eigenvalue weighted by Crippen LogP contribution is 2.33. The zero-order valence-corrected chi connectivity index (χ0v) is 24.7. The first kappa shape index (κ1) is 32.5. The highest BCUT2D eigenvalue weighted by atomic mass is 16.5. The molecule has 0 saturated heterocycles. The summed E-state index contributed by atoms with van der Waals surface area (Å²) in [4.78, 5) is 37.5. The minimum atomic E-state index is -0.942. The van der Waals surface area contributed by atoms with E-state index < -0.39 is 24.1 Å². The summed E-state index contributed by atoms with van der Waals surface area (Å²) < 4.78 is 17.3. The van der Waals surface area contributed by atoms with E-state index in [0.717, 1.165) is 37.8 Å². The molecule has 2 amide bonds. The van der Waals surface area contributed by atoms with Gasteiger partial charge >= 0.3 is 5.97 Å². The molecule has 0 spiro atoms. The summed E-state index contributed by atoms with van der Waals surface area (Å²) in [6, 6.07) is 5.01. The topological polar surface area (TPSA) is 155 Å². The van der Waals surface area contributed by atoms with Gasteiger partial charge in [-0.15, -0.1) is 0 Å². The largest absolute Gasteiger partial charge is 0.491 e. The minimum Gasteiger partial charge on any atom is -0.491 e. The number of carbonyl (C=O) groups is 3. The zero-order valence-electron chi connectivity index (χ0n) is 24.7. The molecular formula is C32H44N2O9. The third kappa shape index (κ3) is 9.80. The molecular weight excluding hydrogens is 556 g/mol. The lowest BCUT2D eigenvalue weighted by Gasteiger charge is -2.30. The Bertz CT molecular complexity index is 1180. The number of hydrogen-bond donors (Lipinski definition) is 4. The van der Waals surface area contributed by atoms with Crippen molar-refractivity contribution < 1.29 is 43.9 Å². The lowest BCUT2D eigenvalue weighted by molar-refractivity contribution is -0.146. The van der Waals surface area contributed by atoms with Gasteiger partial charge < -0.3 is 39.7 Å². The van der Waals surface area contributed by atoms with E-state index in [9.17, 15) is 29.7 Å². The third-order valence-corrected chi connectivity index (χ3v) is 8.10. The van der Waals surface area contributed by atoms with Gasteiger partial charge in [0.15, 0.2) is 0 Å². The molecule has 43 heavy (non-hydrogen) atoms. The smallest absolute Gasteiger partial charge is 0.306 e. The number of unbranched alkanes of at least 4 members (excludes halogenated alkanes) is 2. The maximum atomic E-state index is 12.1. The first-order valence-electron chi connectivity index (χ1n) is 15.3. The van der Waals surface area contributed by atoms with E-state index in [-0.39, 0.29) is 38.1 Å². The summed E-state index contributed by atoms with van der Waals surface area (Å²) in [5.41, 5.74) is 3.04. The predicted octanol–water partition coefficient (Wildman–Crippen LogP) is 3.08. The molecule has 1 aromatic rings. The number of benzene rings is 1. The van der Waals surface area contributed by atoms with Crippen molar-refractivity contribution in [2.24, 2.45) is 5.92 Å². The van der Waals surface area contributed by atoms with Crippen LogP contribution in [0, 0.1) is 5.92 Å². The fraction of sp³-hybridized carbons (Fsp3) is 0.594. The van der Waals surface area contributed by atoms with Gasteiger partial charge in [0, 0.05) is 49.3 Å².